The first-order valence-corrected chi connectivity index (χ1v) is 7.84. The first-order valence-electron chi connectivity index (χ1n) is 7.84. The zero-order valence-corrected chi connectivity index (χ0v) is 13.5. The predicted octanol–water partition coefficient (Wildman–Crippen LogP) is 1.47. The van der Waals surface area contributed by atoms with Crippen LogP contribution in [0.1, 0.15) is 33.1 Å². The molecule has 2 N–H and O–H groups in total. The maximum atomic E-state index is 12.0. The Morgan fingerprint density at radius 2 is 1.90 bits per heavy atom. The Hall–Kier alpha value is -1.30. The van der Waals surface area contributed by atoms with Gasteiger partial charge in [-0.15, -0.1) is 0 Å². The lowest BCUT2D eigenvalue weighted by atomic mass is 9.97. The number of carboxylic acid groups (broad SMARTS) is 1. The van der Waals surface area contributed by atoms with E-state index < -0.39 is 11.9 Å². The van der Waals surface area contributed by atoms with Crippen molar-refractivity contribution >= 4 is 12.0 Å². The summed E-state index contributed by atoms with van der Waals surface area (Å²) >= 11 is 0. The summed E-state index contributed by atoms with van der Waals surface area (Å²) in [4.78, 5) is 27.1. The molecule has 0 aromatic heterocycles. The zero-order chi connectivity index (χ0) is 15.8. The molecule has 1 atom stereocenters. The van der Waals surface area contributed by atoms with E-state index in [1.807, 2.05) is 13.8 Å². The van der Waals surface area contributed by atoms with E-state index in [0.29, 0.717) is 18.9 Å². The number of nitrogens with one attached hydrogen (secondary N) is 1. The first kappa shape index (κ1) is 17.8. The number of aliphatic carboxylic acids is 1. The van der Waals surface area contributed by atoms with Gasteiger partial charge in [0.2, 0.25) is 0 Å². The van der Waals surface area contributed by atoms with Gasteiger partial charge in [-0.1, -0.05) is 13.8 Å². The minimum absolute atomic E-state index is 0.191. The summed E-state index contributed by atoms with van der Waals surface area (Å²) in [5, 5.41) is 11.9. The number of hydrogen-bond acceptors (Lipinski definition) is 3. The molecule has 0 radical (unpaired) electrons. The van der Waals surface area contributed by atoms with Gasteiger partial charge >= 0.3 is 12.0 Å². The molecule has 0 spiro atoms. The monoisotopic (exact) mass is 299 g/mol. The van der Waals surface area contributed by atoms with Crippen LogP contribution in [-0.4, -0.2) is 66.7 Å². The molecule has 1 unspecified atom stereocenters. The van der Waals surface area contributed by atoms with Crippen molar-refractivity contribution in [3.8, 4) is 0 Å². The van der Waals surface area contributed by atoms with Gasteiger partial charge in [0.25, 0.3) is 0 Å². The predicted molar refractivity (Wildman–Crippen MR) is 82.3 cm³/mol. The summed E-state index contributed by atoms with van der Waals surface area (Å²) in [7, 11) is 1.75. The topological polar surface area (TPSA) is 72.9 Å². The number of amides is 2. The Kier molecular flexibility index (Phi) is 7.50. The summed E-state index contributed by atoms with van der Waals surface area (Å²) in [5.41, 5.74) is 0. The minimum atomic E-state index is -0.844. The molecule has 0 bridgehead atoms. The molecule has 1 aliphatic rings. The fourth-order valence-electron chi connectivity index (χ4n) is 2.59. The summed E-state index contributed by atoms with van der Waals surface area (Å²) in [6, 6.07) is -0.191. The molecule has 122 valence electrons. The SMILES string of the molecule is CC(C)CC(CNC(=O)N(C)CCN1CCCC1)C(=O)O. The van der Waals surface area contributed by atoms with Crippen molar-refractivity contribution < 1.29 is 14.7 Å². The molecule has 21 heavy (non-hydrogen) atoms. The van der Waals surface area contributed by atoms with E-state index in [0.717, 1.165) is 19.6 Å². The molecule has 1 heterocycles. The molecular formula is C15H29N3O3. The molecule has 0 aromatic rings. The second kappa shape index (κ2) is 8.87. The van der Waals surface area contributed by atoms with Crippen molar-refractivity contribution in [2.24, 2.45) is 11.8 Å². The van der Waals surface area contributed by atoms with Gasteiger partial charge < -0.3 is 20.2 Å². The number of nitrogens with zero attached hydrogens (tertiary/aromatic N) is 2. The molecule has 6 heteroatoms. The van der Waals surface area contributed by atoms with Crippen molar-refractivity contribution in [1.82, 2.24) is 15.1 Å². The van der Waals surface area contributed by atoms with Crippen molar-refractivity contribution in [1.29, 1.82) is 0 Å². The summed E-state index contributed by atoms with van der Waals surface area (Å²) in [6.45, 7) is 7.96. The van der Waals surface area contributed by atoms with Crippen molar-refractivity contribution in [3.63, 3.8) is 0 Å². The van der Waals surface area contributed by atoms with Gasteiger partial charge in [-0.05, 0) is 38.3 Å². The molecule has 0 aliphatic carbocycles. The number of likely N-dealkylation sites (tertiary alicyclic amines) is 1. The van der Waals surface area contributed by atoms with Gasteiger partial charge in [0.15, 0.2) is 0 Å². The van der Waals surface area contributed by atoms with Crippen LogP contribution in [0.4, 0.5) is 4.79 Å². The minimum Gasteiger partial charge on any atom is -0.481 e. The highest BCUT2D eigenvalue weighted by atomic mass is 16.4. The third-order valence-corrected chi connectivity index (χ3v) is 3.90. The largest absolute Gasteiger partial charge is 0.481 e. The zero-order valence-electron chi connectivity index (χ0n) is 13.5. The molecule has 0 aromatic carbocycles. The molecule has 1 aliphatic heterocycles. The lowest BCUT2D eigenvalue weighted by molar-refractivity contribution is -0.142. The van der Waals surface area contributed by atoms with Crippen LogP contribution in [0.25, 0.3) is 0 Å². The second-order valence-corrected chi connectivity index (χ2v) is 6.32. The number of hydrogen-bond donors (Lipinski definition) is 2. The van der Waals surface area contributed by atoms with Crippen LogP contribution in [0, 0.1) is 11.8 Å². The molecule has 1 rings (SSSR count). The standard InChI is InChI=1S/C15H29N3O3/c1-12(2)10-13(14(19)20)11-16-15(21)17(3)8-9-18-6-4-5-7-18/h12-13H,4-11H2,1-3H3,(H,16,21)(H,19,20). The van der Waals surface area contributed by atoms with Gasteiger partial charge in [-0.3, -0.25) is 4.79 Å². The average molecular weight is 299 g/mol. The van der Waals surface area contributed by atoms with E-state index in [1.54, 1.807) is 11.9 Å². The Morgan fingerprint density at radius 3 is 2.43 bits per heavy atom. The number of rotatable bonds is 8. The van der Waals surface area contributed by atoms with E-state index in [9.17, 15) is 9.59 Å². The van der Waals surface area contributed by atoms with E-state index in [2.05, 4.69) is 10.2 Å². The van der Waals surface area contributed by atoms with Gasteiger partial charge in [0.1, 0.15) is 0 Å². The quantitative estimate of drug-likeness (QED) is 0.712. The molecule has 0 saturated carbocycles. The van der Waals surface area contributed by atoms with Gasteiger partial charge in [-0.25, -0.2) is 4.79 Å². The highest BCUT2D eigenvalue weighted by Gasteiger charge is 2.21. The third-order valence-electron chi connectivity index (χ3n) is 3.90. The van der Waals surface area contributed by atoms with E-state index in [1.165, 1.54) is 12.8 Å². The van der Waals surface area contributed by atoms with Crippen molar-refractivity contribution in [2.75, 3.05) is 39.8 Å². The lowest BCUT2D eigenvalue weighted by Crippen LogP contribution is -2.43. The second-order valence-electron chi connectivity index (χ2n) is 6.32. The molecular weight excluding hydrogens is 270 g/mol. The van der Waals surface area contributed by atoms with Gasteiger partial charge in [0, 0.05) is 26.7 Å². The molecule has 1 fully saturated rings. The van der Waals surface area contributed by atoms with E-state index >= 15 is 0 Å². The number of urea groups is 1. The van der Waals surface area contributed by atoms with Crippen LogP contribution in [0.3, 0.4) is 0 Å². The van der Waals surface area contributed by atoms with E-state index in [4.69, 9.17) is 5.11 Å². The number of carbonyl (C=O) groups excluding carboxylic acids is 1. The van der Waals surface area contributed by atoms with Crippen LogP contribution in [-0.2, 0) is 4.79 Å². The summed E-state index contributed by atoms with van der Waals surface area (Å²) in [5.74, 6) is -1.06. The average Bonchev–Trinajstić information content (AvgIpc) is 2.92. The number of likely N-dealkylation sites (N-methyl/N-ethyl adjacent to an activating group) is 1. The van der Waals surface area contributed by atoms with Gasteiger partial charge in [-0.2, -0.15) is 0 Å². The highest BCUT2D eigenvalue weighted by molar-refractivity contribution is 5.75. The van der Waals surface area contributed by atoms with Crippen LogP contribution in [0.2, 0.25) is 0 Å². The van der Waals surface area contributed by atoms with E-state index in [-0.39, 0.29) is 12.6 Å². The van der Waals surface area contributed by atoms with Gasteiger partial charge in [0.05, 0.1) is 5.92 Å². The maximum Gasteiger partial charge on any atom is 0.317 e. The fraction of sp³-hybridized carbons (Fsp3) is 0.867. The summed E-state index contributed by atoms with van der Waals surface area (Å²) in [6.07, 6.45) is 3.06. The maximum absolute atomic E-state index is 12.0. The number of carboxylic acids is 1. The molecule has 2 amide bonds. The lowest BCUT2D eigenvalue weighted by Gasteiger charge is -2.23. The first-order chi connectivity index (χ1) is 9.90. The Labute approximate surface area is 127 Å². The Balaban J connectivity index is 2.28. The Morgan fingerprint density at radius 1 is 1.29 bits per heavy atom. The summed E-state index contributed by atoms with van der Waals surface area (Å²) < 4.78 is 0. The van der Waals surface area contributed by atoms with Crippen LogP contribution < -0.4 is 5.32 Å². The fourth-order valence-corrected chi connectivity index (χ4v) is 2.59. The van der Waals surface area contributed by atoms with Crippen LogP contribution in [0.5, 0.6) is 0 Å². The highest BCUT2D eigenvalue weighted by Crippen LogP contribution is 2.11. The Bertz CT molecular complexity index is 341. The smallest absolute Gasteiger partial charge is 0.317 e. The van der Waals surface area contributed by atoms with Crippen molar-refractivity contribution in [2.45, 2.75) is 33.1 Å². The normalized spacial score (nSPS) is 17.0. The third kappa shape index (κ3) is 6.80. The van der Waals surface area contributed by atoms with Crippen LogP contribution >= 0.6 is 0 Å². The molecule has 6 nitrogen and oxygen atoms in total. The molecule has 1 saturated heterocycles. The van der Waals surface area contributed by atoms with Crippen LogP contribution in [0.15, 0.2) is 0 Å². The number of carbonyl (C=O) groups is 2. The van der Waals surface area contributed by atoms with Crippen molar-refractivity contribution in [3.05, 3.63) is 0 Å².